The molecule has 184 valence electrons. The summed E-state index contributed by atoms with van der Waals surface area (Å²) in [5.41, 5.74) is 1.80. The molecule has 7 nitrogen and oxygen atoms in total. The Kier molecular flexibility index (Phi) is 8.24. The summed E-state index contributed by atoms with van der Waals surface area (Å²) < 4.78 is 41.2. The number of carbonyl (C=O) groups excluding carboxylic acids is 2. The van der Waals surface area contributed by atoms with Crippen LogP contribution in [0.3, 0.4) is 0 Å². The monoisotopic (exact) mass is 497 g/mol. The summed E-state index contributed by atoms with van der Waals surface area (Å²) in [5, 5.41) is 2.69. The van der Waals surface area contributed by atoms with Crippen molar-refractivity contribution < 1.29 is 22.4 Å². The average Bonchev–Trinajstić information content (AvgIpc) is 2.84. The number of nitrogens with one attached hydrogen (secondary N) is 1. The van der Waals surface area contributed by atoms with E-state index in [1.54, 1.807) is 53.4 Å². The van der Waals surface area contributed by atoms with Crippen molar-refractivity contribution in [2.75, 3.05) is 29.3 Å². The minimum absolute atomic E-state index is 0.149. The number of hydrogen-bond donors (Lipinski definition) is 1. The van der Waals surface area contributed by atoms with Crippen LogP contribution in [0.15, 0.2) is 77.7 Å². The molecule has 3 rings (SSSR count). The number of halogens is 1. The molecule has 0 aliphatic rings. The molecule has 0 heterocycles. The number of para-hydroxylation sites is 1. The molecular formula is C26H28FN3O4S. The van der Waals surface area contributed by atoms with Crippen molar-refractivity contribution in [2.24, 2.45) is 0 Å². The molecule has 0 radical (unpaired) electrons. The van der Waals surface area contributed by atoms with Gasteiger partial charge in [-0.15, -0.1) is 0 Å². The summed E-state index contributed by atoms with van der Waals surface area (Å²) >= 11 is 0. The van der Waals surface area contributed by atoms with Crippen molar-refractivity contribution in [1.29, 1.82) is 0 Å². The first-order chi connectivity index (χ1) is 16.7. The highest BCUT2D eigenvalue weighted by Crippen LogP contribution is 2.25. The summed E-state index contributed by atoms with van der Waals surface area (Å²) in [6.07, 6.45) is 0. The molecule has 3 aromatic rings. The number of amides is 2. The fourth-order valence-corrected chi connectivity index (χ4v) is 4.96. The van der Waals surface area contributed by atoms with Gasteiger partial charge in [0, 0.05) is 13.1 Å². The molecular weight excluding hydrogens is 469 g/mol. The topological polar surface area (TPSA) is 86.8 Å². The Balaban J connectivity index is 1.93. The number of benzene rings is 3. The van der Waals surface area contributed by atoms with E-state index in [9.17, 15) is 22.4 Å². The Labute approximate surface area is 205 Å². The van der Waals surface area contributed by atoms with Crippen molar-refractivity contribution in [3.63, 3.8) is 0 Å². The SMILES string of the molecule is CCN(CC)C(=O)c1ccccc1NC(=O)CN(c1ccc(C)cc1)S(=O)(=O)c1ccc(F)cc1. The average molecular weight is 498 g/mol. The number of aryl methyl sites for hydroxylation is 1. The zero-order chi connectivity index (χ0) is 25.6. The Morgan fingerprint density at radius 1 is 0.886 bits per heavy atom. The predicted octanol–water partition coefficient (Wildman–Crippen LogP) is 4.45. The van der Waals surface area contributed by atoms with Gasteiger partial charge in [0.25, 0.3) is 15.9 Å². The van der Waals surface area contributed by atoms with Gasteiger partial charge >= 0.3 is 0 Å². The molecule has 0 bridgehead atoms. The van der Waals surface area contributed by atoms with Crippen molar-refractivity contribution in [2.45, 2.75) is 25.7 Å². The minimum atomic E-state index is -4.19. The molecule has 0 atom stereocenters. The number of carbonyl (C=O) groups is 2. The smallest absolute Gasteiger partial charge is 0.264 e. The molecule has 0 unspecified atom stereocenters. The zero-order valence-electron chi connectivity index (χ0n) is 19.9. The van der Waals surface area contributed by atoms with E-state index in [0.29, 0.717) is 18.7 Å². The van der Waals surface area contributed by atoms with Gasteiger partial charge in [0.05, 0.1) is 21.8 Å². The number of hydrogen-bond acceptors (Lipinski definition) is 4. The van der Waals surface area contributed by atoms with E-state index in [1.165, 1.54) is 0 Å². The zero-order valence-corrected chi connectivity index (χ0v) is 20.7. The van der Waals surface area contributed by atoms with Gasteiger partial charge in [-0.1, -0.05) is 29.8 Å². The molecule has 3 aromatic carbocycles. The Morgan fingerprint density at radius 2 is 1.49 bits per heavy atom. The first kappa shape index (κ1) is 25.9. The Morgan fingerprint density at radius 3 is 2.09 bits per heavy atom. The maximum Gasteiger partial charge on any atom is 0.264 e. The third kappa shape index (κ3) is 6.05. The van der Waals surface area contributed by atoms with Crippen LogP contribution in [0.2, 0.25) is 0 Å². The van der Waals surface area contributed by atoms with Gasteiger partial charge in [0.1, 0.15) is 12.4 Å². The van der Waals surface area contributed by atoms with E-state index in [2.05, 4.69) is 5.32 Å². The summed E-state index contributed by atoms with van der Waals surface area (Å²) in [6, 6.07) is 17.7. The van der Waals surface area contributed by atoms with Crippen molar-refractivity contribution >= 4 is 33.2 Å². The number of nitrogens with zero attached hydrogens (tertiary/aromatic N) is 2. The Hall–Kier alpha value is -3.72. The van der Waals surface area contributed by atoms with Crippen LogP contribution in [0.1, 0.15) is 29.8 Å². The Bertz CT molecular complexity index is 1290. The number of anilines is 2. The first-order valence-corrected chi connectivity index (χ1v) is 12.6. The normalized spacial score (nSPS) is 11.1. The predicted molar refractivity (Wildman–Crippen MR) is 134 cm³/mol. The molecule has 0 aliphatic carbocycles. The maximum atomic E-state index is 13.4. The van der Waals surface area contributed by atoms with Crippen LogP contribution in [-0.4, -0.2) is 44.8 Å². The molecule has 0 fully saturated rings. The van der Waals surface area contributed by atoms with Gasteiger partial charge in [-0.05, 0) is 69.3 Å². The quantitative estimate of drug-likeness (QED) is 0.473. The summed E-state index contributed by atoms with van der Waals surface area (Å²) in [6.45, 7) is 6.06. The highest BCUT2D eigenvalue weighted by atomic mass is 32.2. The van der Waals surface area contributed by atoms with E-state index in [-0.39, 0.29) is 22.2 Å². The van der Waals surface area contributed by atoms with Crippen LogP contribution in [0.5, 0.6) is 0 Å². The van der Waals surface area contributed by atoms with Crippen molar-refractivity contribution in [1.82, 2.24) is 4.90 Å². The highest BCUT2D eigenvalue weighted by Gasteiger charge is 2.28. The lowest BCUT2D eigenvalue weighted by Crippen LogP contribution is -2.38. The van der Waals surface area contributed by atoms with Crippen molar-refractivity contribution in [3.8, 4) is 0 Å². The second-order valence-corrected chi connectivity index (χ2v) is 9.73. The van der Waals surface area contributed by atoms with Gasteiger partial charge in [0.15, 0.2) is 0 Å². The third-order valence-electron chi connectivity index (χ3n) is 5.49. The standard InChI is InChI=1S/C26H28FN3O4S/c1-4-29(5-2)26(32)23-8-6-7-9-24(23)28-25(31)18-30(21-14-10-19(3)11-15-21)35(33,34)22-16-12-20(27)13-17-22/h6-17H,4-5,18H2,1-3H3,(H,28,31). The molecule has 2 amide bonds. The van der Waals surface area contributed by atoms with E-state index in [0.717, 1.165) is 34.1 Å². The third-order valence-corrected chi connectivity index (χ3v) is 7.28. The van der Waals surface area contributed by atoms with Crippen LogP contribution in [0.4, 0.5) is 15.8 Å². The number of rotatable bonds is 9. The molecule has 0 saturated heterocycles. The van der Waals surface area contributed by atoms with Crippen molar-refractivity contribution in [3.05, 3.63) is 89.7 Å². The van der Waals surface area contributed by atoms with E-state index in [1.807, 2.05) is 20.8 Å². The largest absolute Gasteiger partial charge is 0.339 e. The van der Waals surface area contributed by atoms with Crippen LogP contribution < -0.4 is 9.62 Å². The first-order valence-electron chi connectivity index (χ1n) is 11.2. The highest BCUT2D eigenvalue weighted by molar-refractivity contribution is 7.92. The summed E-state index contributed by atoms with van der Waals surface area (Å²) in [5.74, 6) is -1.44. The molecule has 0 spiro atoms. The van der Waals surface area contributed by atoms with Crippen LogP contribution in [0, 0.1) is 12.7 Å². The maximum absolute atomic E-state index is 13.4. The summed E-state index contributed by atoms with van der Waals surface area (Å²) in [7, 11) is -4.19. The fraction of sp³-hybridized carbons (Fsp3) is 0.231. The summed E-state index contributed by atoms with van der Waals surface area (Å²) in [4.78, 5) is 27.5. The lowest BCUT2D eigenvalue weighted by atomic mass is 10.1. The molecule has 0 saturated carbocycles. The molecule has 1 N–H and O–H groups in total. The molecule has 0 aromatic heterocycles. The second kappa shape index (κ2) is 11.1. The molecule has 9 heteroatoms. The van der Waals surface area contributed by atoms with Gasteiger partial charge in [0.2, 0.25) is 5.91 Å². The van der Waals surface area contributed by atoms with Crippen LogP contribution in [-0.2, 0) is 14.8 Å². The number of sulfonamides is 1. The lowest BCUT2D eigenvalue weighted by Gasteiger charge is -2.25. The van der Waals surface area contributed by atoms with E-state index in [4.69, 9.17) is 0 Å². The van der Waals surface area contributed by atoms with Gasteiger partial charge in [-0.2, -0.15) is 0 Å². The van der Waals surface area contributed by atoms with E-state index >= 15 is 0 Å². The van der Waals surface area contributed by atoms with Crippen LogP contribution >= 0.6 is 0 Å². The minimum Gasteiger partial charge on any atom is -0.339 e. The lowest BCUT2D eigenvalue weighted by molar-refractivity contribution is -0.114. The van der Waals surface area contributed by atoms with Crippen LogP contribution in [0.25, 0.3) is 0 Å². The molecule has 0 aliphatic heterocycles. The van der Waals surface area contributed by atoms with E-state index < -0.39 is 28.3 Å². The second-order valence-electron chi connectivity index (χ2n) is 7.87. The van der Waals surface area contributed by atoms with Gasteiger partial charge in [-0.3, -0.25) is 13.9 Å². The van der Waals surface area contributed by atoms with Gasteiger partial charge in [-0.25, -0.2) is 12.8 Å². The fourth-order valence-electron chi connectivity index (χ4n) is 3.54. The molecule has 35 heavy (non-hydrogen) atoms. The van der Waals surface area contributed by atoms with Gasteiger partial charge < -0.3 is 10.2 Å².